The normalized spacial score (nSPS) is 15.9. The maximum atomic E-state index is 13.2. The van der Waals surface area contributed by atoms with Crippen LogP contribution in [0.4, 0.5) is 13.2 Å². The van der Waals surface area contributed by atoms with Crippen LogP contribution < -0.4 is 0 Å². The van der Waals surface area contributed by atoms with E-state index < -0.39 is 11.7 Å². The summed E-state index contributed by atoms with van der Waals surface area (Å²) in [5.74, 6) is 1.15. The molecule has 1 saturated carbocycles. The molecule has 1 atom stereocenters. The minimum Gasteiger partial charge on any atom is -0.489 e. The van der Waals surface area contributed by atoms with Gasteiger partial charge in [0, 0.05) is 28.9 Å². The molecule has 0 aliphatic heterocycles. The number of alkyl halides is 3. The Morgan fingerprint density at radius 1 is 1.11 bits per heavy atom. The van der Waals surface area contributed by atoms with E-state index in [2.05, 4.69) is 17.1 Å². The van der Waals surface area contributed by atoms with Crippen molar-refractivity contribution in [1.29, 1.82) is 0 Å². The number of allylic oxidation sites excluding steroid dienone is 2. The van der Waals surface area contributed by atoms with Gasteiger partial charge in [0.15, 0.2) is 0 Å². The van der Waals surface area contributed by atoms with Crippen molar-refractivity contribution in [2.45, 2.75) is 51.3 Å². The summed E-state index contributed by atoms with van der Waals surface area (Å²) in [5.41, 5.74) is 2.82. The fraction of sp³-hybridized carbons (Fsp3) is 0.300. The maximum absolute atomic E-state index is 13.2. The quantitative estimate of drug-likeness (QED) is 0.211. The van der Waals surface area contributed by atoms with Gasteiger partial charge in [0.1, 0.15) is 12.4 Å². The molecule has 1 heterocycles. The first-order valence-electron chi connectivity index (χ1n) is 12.2. The smallest absolute Gasteiger partial charge is 0.416 e. The van der Waals surface area contributed by atoms with Gasteiger partial charge in [-0.2, -0.15) is 13.2 Å². The van der Waals surface area contributed by atoms with Crippen molar-refractivity contribution in [2.24, 2.45) is 5.92 Å². The van der Waals surface area contributed by atoms with Gasteiger partial charge < -0.3 is 4.74 Å². The molecule has 0 radical (unpaired) electrons. The first-order chi connectivity index (χ1) is 17.3. The Balaban J connectivity index is 1.74. The van der Waals surface area contributed by atoms with Crippen LogP contribution in [0.15, 0.2) is 90.5 Å². The molecule has 0 bridgehead atoms. The summed E-state index contributed by atoms with van der Waals surface area (Å²) >= 11 is 6.28. The summed E-state index contributed by atoms with van der Waals surface area (Å²) < 4.78 is 46.0. The molecule has 6 heteroatoms. The third-order valence-corrected chi connectivity index (χ3v) is 6.73. The Morgan fingerprint density at radius 2 is 1.92 bits per heavy atom. The van der Waals surface area contributed by atoms with Gasteiger partial charge in [-0.25, -0.2) is 0 Å². The highest BCUT2D eigenvalue weighted by atomic mass is 35.5. The minimum absolute atomic E-state index is 0.0348. The molecule has 3 aromatic rings. The molecule has 2 aromatic carbocycles. The number of ether oxygens (including phenoxy) is 1. The van der Waals surface area contributed by atoms with E-state index in [1.54, 1.807) is 12.3 Å². The van der Waals surface area contributed by atoms with Crippen LogP contribution in [0.5, 0.6) is 0 Å². The Labute approximate surface area is 215 Å². The Kier molecular flexibility index (Phi) is 8.52. The second-order valence-corrected chi connectivity index (χ2v) is 9.51. The molecule has 2 nitrogen and oxygen atoms in total. The zero-order valence-electron chi connectivity index (χ0n) is 20.1. The van der Waals surface area contributed by atoms with E-state index in [4.69, 9.17) is 16.3 Å². The molecule has 4 rings (SSSR count). The lowest BCUT2D eigenvalue weighted by atomic mass is 9.69. The van der Waals surface area contributed by atoms with Gasteiger partial charge in [0.05, 0.1) is 5.56 Å². The van der Waals surface area contributed by atoms with Crippen LogP contribution in [-0.2, 0) is 17.5 Å². The Morgan fingerprint density at radius 3 is 2.56 bits per heavy atom. The van der Waals surface area contributed by atoms with Gasteiger partial charge in [-0.05, 0) is 84.4 Å². The number of pyridine rings is 1. The Hall–Kier alpha value is -3.05. The second kappa shape index (κ2) is 11.8. The molecule has 1 unspecified atom stereocenters. The number of benzene rings is 2. The number of aromatic nitrogens is 1. The predicted molar refractivity (Wildman–Crippen MR) is 138 cm³/mol. The number of hydrogen-bond acceptors (Lipinski definition) is 2. The molecule has 1 aliphatic rings. The molecule has 1 aliphatic carbocycles. The highest BCUT2D eigenvalue weighted by Crippen LogP contribution is 2.46. The third kappa shape index (κ3) is 6.58. The summed E-state index contributed by atoms with van der Waals surface area (Å²) in [6, 6.07) is 16.9. The summed E-state index contributed by atoms with van der Waals surface area (Å²) in [6.45, 7) is 2.06. The zero-order valence-corrected chi connectivity index (χ0v) is 20.9. The first-order valence-corrected chi connectivity index (χ1v) is 12.6. The van der Waals surface area contributed by atoms with Gasteiger partial charge in [-0.15, -0.1) is 0 Å². The van der Waals surface area contributed by atoms with E-state index in [1.165, 1.54) is 12.5 Å². The second-order valence-electron chi connectivity index (χ2n) is 9.07. The van der Waals surface area contributed by atoms with Crippen molar-refractivity contribution in [3.63, 3.8) is 0 Å². The molecule has 0 saturated heterocycles. The highest BCUT2D eigenvalue weighted by Gasteiger charge is 2.34. The van der Waals surface area contributed by atoms with Crippen LogP contribution in [0.1, 0.15) is 60.8 Å². The molecule has 36 heavy (non-hydrogen) atoms. The van der Waals surface area contributed by atoms with Crippen LogP contribution in [0.3, 0.4) is 0 Å². The third-order valence-electron chi connectivity index (χ3n) is 6.49. The fourth-order valence-electron chi connectivity index (χ4n) is 4.57. The SMILES string of the molecule is CC/C=C(OCc1cccc(C(F)(F)F)c1)/C(=C\c1cccc(Cl)c1)C(c1cccnc1)C1CCC1. The number of halogens is 4. The monoisotopic (exact) mass is 511 g/mol. The summed E-state index contributed by atoms with van der Waals surface area (Å²) in [6.07, 6.45) is 7.44. The lowest BCUT2D eigenvalue weighted by Gasteiger charge is -2.36. The number of rotatable bonds is 9. The average molecular weight is 512 g/mol. The molecule has 1 aromatic heterocycles. The topological polar surface area (TPSA) is 22.1 Å². The van der Waals surface area contributed by atoms with Gasteiger partial charge in [0.2, 0.25) is 0 Å². The van der Waals surface area contributed by atoms with Crippen molar-refractivity contribution in [1.82, 2.24) is 4.98 Å². The first kappa shape index (κ1) is 26.0. The van der Waals surface area contributed by atoms with Crippen molar-refractivity contribution < 1.29 is 17.9 Å². The van der Waals surface area contributed by atoms with E-state index in [9.17, 15) is 13.2 Å². The molecule has 0 N–H and O–H groups in total. The predicted octanol–water partition coefficient (Wildman–Crippen LogP) is 9.23. The number of nitrogens with zero attached hydrogens (tertiary/aromatic N) is 1. The molecular weight excluding hydrogens is 483 g/mol. The zero-order chi connectivity index (χ0) is 25.5. The molecule has 0 spiro atoms. The van der Waals surface area contributed by atoms with E-state index in [0.29, 0.717) is 22.3 Å². The van der Waals surface area contributed by atoms with Crippen molar-refractivity contribution >= 4 is 17.7 Å². The van der Waals surface area contributed by atoms with E-state index >= 15 is 0 Å². The van der Waals surface area contributed by atoms with Crippen LogP contribution in [0.25, 0.3) is 6.08 Å². The van der Waals surface area contributed by atoms with Gasteiger partial charge >= 0.3 is 6.18 Å². The summed E-state index contributed by atoms with van der Waals surface area (Å²) in [5, 5.41) is 0.635. The standard InChI is InChI=1S/C30H29ClF3NO/c1-2-7-28(36-20-22-9-3-13-25(16-22)30(32,33)34)27(18-21-8-4-14-26(31)17-21)29(23-10-5-11-23)24-12-6-15-35-19-24/h3-4,6-9,12-19,23,29H,2,5,10-11,20H2,1H3/b27-18+,28-7-. The lowest BCUT2D eigenvalue weighted by Crippen LogP contribution is -2.23. The maximum Gasteiger partial charge on any atom is 0.416 e. The average Bonchev–Trinajstić information content (AvgIpc) is 2.83. The van der Waals surface area contributed by atoms with Gasteiger partial charge in [-0.3, -0.25) is 4.98 Å². The largest absolute Gasteiger partial charge is 0.489 e. The van der Waals surface area contributed by atoms with Crippen LogP contribution >= 0.6 is 11.6 Å². The van der Waals surface area contributed by atoms with Crippen LogP contribution in [-0.4, -0.2) is 4.98 Å². The van der Waals surface area contributed by atoms with Crippen molar-refractivity contribution in [3.05, 3.63) is 118 Å². The van der Waals surface area contributed by atoms with Crippen LogP contribution in [0, 0.1) is 5.92 Å². The van der Waals surface area contributed by atoms with E-state index in [-0.39, 0.29) is 12.5 Å². The molecular formula is C30H29ClF3NO. The lowest BCUT2D eigenvalue weighted by molar-refractivity contribution is -0.137. The van der Waals surface area contributed by atoms with Crippen molar-refractivity contribution in [3.8, 4) is 0 Å². The van der Waals surface area contributed by atoms with Crippen molar-refractivity contribution in [2.75, 3.05) is 0 Å². The summed E-state index contributed by atoms with van der Waals surface area (Å²) in [7, 11) is 0. The molecule has 0 amide bonds. The highest BCUT2D eigenvalue weighted by molar-refractivity contribution is 6.30. The van der Waals surface area contributed by atoms with Gasteiger partial charge in [-0.1, -0.05) is 55.3 Å². The van der Waals surface area contributed by atoms with Crippen LogP contribution in [0.2, 0.25) is 5.02 Å². The van der Waals surface area contributed by atoms with E-state index in [1.807, 2.05) is 49.5 Å². The Bertz CT molecular complexity index is 1220. The summed E-state index contributed by atoms with van der Waals surface area (Å²) in [4.78, 5) is 4.37. The number of hydrogen-bond donors (Lipinski definition) is 0. The molecule has 188 valence electrons. The fourth-order valence-corrected chi connectivity index (χ4v) is 4.77. The van der Waals surface area contributed by atoms with E-state index in [0.717, 1.165) is 48.1 Å². The molecule has 1 fully saturated rings. The van der Waals surface area contributed by atoms with Gasteiger partial charge in [0.25, 0.3) is 0 Å². The minimum atomic E-state index is -4.40.